The van der Waals surface area contributed by atoms with Gasteiger partial charge in [-0.3, -0.25) is 4.90 Å². The van der Waals surface area contributed by atoms with E-state index in [2.05, 4.69) is 24.2 Å². The Bertz CT molecular complexity index is 272. The van der Waals surface area contributed by atoms with E-state index in [0.717, 1.165) is 11.8 Å². The molecule has 0 amide bonds. The summed E-state index contributed by atoms with van der Waals surface area (Å²) >= 11 is 0. The predicted octanol–water partition coefficient (Wildman–Crippen LogP) is 2.64. The quantitative estimate of drug-likeness (QED) is 0.786. The van der Waals surface area contributed by atoms with E-state index >= 15 is 0 Å². The molecule has 3 heteroatoms. The number of nitrogens with zero attached hydrogens (tertiary/aromatic N) is 1. The summed E-state index contributed by atoms with van der Waals surface area (Å²) < 4.78 is 0. The van der Waals surface area contributed by atoms with Crippen LogP contribution in [0.5, 0.6) is 0 Å². The summed E-state index contributed by atoms with van der Waals surface area (Å²) in [5, 5.41) is 13.1. The Kier molecular flexibility index (Phi) is 6.79. The molecule has 4 atom stereocenters. The zero-order valence-electron chi connectivity index (χ0n) is 13.5. The van der Waals surface area contributed by atoms with Crippen molar-refractivity contribution in [1.29, 1.82) is 0 Å². The Morgan fingerprint density at radius 1 is 1.20 bits per heavy atom. The minimum Gasteiger partial charge on any atom is -0.395 e. The van der Waals surface area contributed by atoms with E-state index < -0.39 is 0 Å². The smallest absolute Gasteiger partial charge is 0.0586 e. The average molecular weight is 282 g/mol. The van der Waals surface area contributed by atoms with E-state index in [0.29, 0.717) is 18.7 Å². The van der Waals surface area contributed by atoms with Crippen molar-refractivity contribution in [3.05, 3.63) is 0 Å². The van der Waals surface area contributed by atoms with Crippen molar-refractivity contribution in [2.24, 2.45) is 11.8 Å². The number of aliphatic hydroxyl groups excluding tert-OH is 1. The lowest BCUT2D eigenvalue weighted by molar-refractivity contribution is 0.0550. The minimum absolute atomic E-state index is 0.343. The number of rotatable bonds is 6. The second-order valence-electron chi connectivity index (χ2n) is 6.95. The summed E-state index contributed by atoms with van der Waals surface area (Å²) in [6, 6.07) is 1.11. The van der Waals surface area contributed by atoms with Crippen LogP contribution in [0, 0.1) is 11.8 Å². The van der Waals surface area contributed by atoms with E-state index in [1.165, 1.54) is 64.5 Å². The van der Waals surface area contributed by atoms with Crippen molar-refractivity contribution in [3.8, 4) is 0 Å². The third-order valence-electron chi connectivity index (χ3n) is 5.59. The second-order valence-corrected chi connectivity index (χ2v) is 6.95. The fraction of sp³-hybridized carbons (Fsp3) is 1.00. The molecular weight excluding hydrogens is 248 g/mol. The first kappa shape index (κ1) is 16.3. The molecular formula is C17H34N2O. The molecule has 2 fully saturated rings. The molecule has 1 aliphatic heterocycles. The first-order valence-corrected chi connectivity index (χ1v) is 8.80. The zero-order valence-corrected chi connectivity index (χ0v) is 13.5. The molecule has 1 heterocycles. The fourth-order valence-electron chi connectivity index (χ4n) is 4.42. The van der Waals surface area contributed by atoms with Crippen LogP contribution in [0.3, 0.4) is 0 Å². The number of hydrogen-bond donors (Lipinski definition) is 2. The van der Waals surface area contributed by atoms with Gasteiger partial charge in [0, 0.05) is 18.6 Å². The molecule has 3 nitrogen and oxygen atoms in total. The van der Waals surface area contributed by atoms with Crippen LogP contribution in [0.4, 0.5) is 0 Å². The van der Waals surface area contributed by atoms with Gasteiger partial charge in [0.05, 0.1) is 6.61 Å². The fourth-order valence-corrected chi connectivity index (χ4v) is 4.42. The van der Waals surface area contributed by atoms with Crippen molar-refractivity contribution in [1.82, 2.24) is 10.2 Å². The van der Waals surface area contributed by atoms with Gasteiger partial charge in [0.15, 0.2) is 0 Å². The highest BCUT2D eigenvalue weighted by Crippen LogP contribution is 2.33. The summed E-state index contributed by atoms with van der Waals surface area (Å²) in [6.07, 6.45) is 10.6. The summed E-state index contributed by atoms with van der Waals surface area (Å²) in [4.78, 5) is 2.58. The first-order chi connectivity index (χ1) is 9.78. The van der Waals surface area contributed by atoms with Crippen LogP contribution < -0.4 is 5.32 Å². The highest BCUT2D eigenvalue weighted by molar-refractivity contribution is 4.88. The van der Waals surface area contributed by atoms with Gasteiger partial charge in [0.2, 0.25) is 0 Å². The number of nitrogens with one attached hydrogen (secondary N) is 1. The highest BCUT2D eigenvalue weighted by atomic mass is 16.3. The molecule has 1 saturated carbocycles. The van der Waals surface area contributed by atoms with E-state index in [1.807, 2.05) is 0 Å². The van der Waals surface area contributed by atoms with Crippen molar-refractivity contribution in [3.63, 3.8) is 0 Å². The molecule has 0 aromatic carbocycles. The van der Waals surface area contributed by atoms with Gasteiger partial charge in [-0.25, -0.2) is 0 Å². The van der Waals surface area contributed by atoms with Crippen LogP contribution in [0.25, 0.3) is 0 Å². The molecule has 2 aliphatic rings. The van der Waals surface area contributed by atoms with Gasteiger partial charge in [-0.1, -0.05) is 26.2 Å². The molecule has 2 N–H and O–H groups in total. The number of piperidine rings is 1. The van der Waals surface area contributed by atoms with Gasteiger partial charge in [-0.2, -0.15) is 0 Å². The van der Waals surface area contributed by atoms with E-state index in [4.69, 9.17) is 0 Å². The summed E-state index contributed by atoms with van der Waals surface area (Å²) in [7, 11) is 2.12. The number of aliphatic hydroxyl groups is 1. The first-order valence-electron chi connectivity index (χ1n) is 8.80. The lowest BCUT2D eigenvalue weighted by Gasteiger charge is -2.42. The van der Waals surface area contributed by atoms with Gasteiger partial charge < -0.3 is 10.4 Å². The van der Waals surface area contributed by atoms with Crippen LogP contribution in [0.15, 0.2) is 0 Å². The van der Waals surface area contributed by atoms with Gasteiger partial charge in [-0.15, -0.1) is 0 Å². The van der Waals surface area contributed by atoms with E-state index in [1.54, 1.807) is 0 Å². The highest BCUT2D eigenvalue weighted by Gasteiger charge is 2.32. The number of likely N-dealkylation sites (tertiary alicyclic amines) is 1. The Hall–Kier alpha value is -0.120. The molecule has 0 radical (unpaired) electrons. The van der Waals surface area contributed by atoms with Gasteiger partial charge in [-0.05, 0) is 57.5 Å². The third kappa shape index (κ3) is 4.19. The zero-order chi connectivity index (χ0) is 14.4. The molecule has 4 unspecified atom stereocenters. The van der Waals surface area contributed by atoms with E-state index in [9.17, 15) is 5.11 Å². The maximum absolute atomic E-state index is 9.59. The predicted molar refractivity (Wildman–Crippen MR) is 84.9 cm³/mol. The monoisotopic (exact) mass is 282 g/mol. The van der Waals surface area contributed by atoms with Gasteiger partial charge in [0.1, 0.15) is 0 Å². The summed E-state index contributed by atoms with van der Waals surface area (Å²) in [6.45, 7) is 5.04. The van der Waals surface area contributed by atoms with Crippen LogP contribution in [0.1, 0.15) is 58.3 Å². The Morgan fingerprint density at radius 3 is 2.75 bits per heavy atom. The molecule has 118 valence electrons. The van der Waals surface area contributed by atoms with Crippen molar-refractivity contribution in [2.45, 2.75) is 70.4 Å². The SMILES string of the molecule is CCCC1CCC(NC)C(CN2CCCCC2CO)C1. The Morgan fingerprint density at radius 2 is 2.05 bits per heavy atom. The maximum Gasteiger partial charge on any atom is 0.0586 e. The molecule has 1 saturated heterocycles. The Labute approximate surface area is 125 Å². The van der Waals surface area contributed by atoms with Crippen LogP contribution in [-0.4, -0.2) is 48.8 Å². The maximum atomic E-state index is 9.59. The lowest BCUT2D eigenvalue weighted by atomic mass is 9.76. The Balaban J connectivity index is 1.92. The van der Waals surface area contributed by atoms with Crippen LogP contribution >= 0.6 is 0 Å². The van der Waals surface area contributed by atoms with Crippen molar-refractivity contribution >= 4 is 0 Å². The largest absolute Gasteiger partial charge is 0.395 e. The van der Waals surface area contributed by atoms with Crippen LogP contribution in [0.2, 0.25) is 0 Å². The average Bonchev–Trinajstić information content (AvgIpc) is 2.48. The molecule has 0 aromatic heterocycles. The van der Waals surface area contributed by atoms with Crippen molar-refractivity contribution < 1.29 is 5.11 Å². The molecule has 0 bridgehead atoms. The van der Waals surface area contributed by atoms with Crippen molar-refractivity contribution in [2.75, 3.05) is 26.7 Å². The third-order valence-corrected chi connectivity index (χ3v) is 5.59. The summed E-state index contributed by atoms with van der Waals surface area (Å²) in [5.74, 6) is 1.71. The van der Waals surface area contributed by atoms with Crippen LogP contribution in [-0.2, 0) is 0 Å². The molecule has 1 aliphatic carbocycles. The molecule has 0 aromatic rings. The molecule has 2 rings (SSSR count). The van der Waals surface area contributed by atoms with Gasteiger partial charge in [0.25, 0.3) is 0 Å². The van der Waals surface area contributed by atoms with E-state index in [-0.39, 0.29) is 0 Å². The second kappa shape index (κ2) is 8.35. The molecule has 0 spiro atoms. The summed E-state index contributed by atoms with van der Waals surface area (Å²) in [5.41, 5.74) is 0. The minimum atomic E-state index is 0.343. The normalized spacial score (nSPS) is 36.1. The number of hydrogen-bond acceptors (Lipinski definition) is 3. The standard InChI is InChI=1S/C17H34N2O/c1-3-6-14-8-9-17(18-2)15(11-14)12-19-10-5-4-7-16(19)13-20/h14-18,20H,3-13H2,1-2H3. The topological polar surface area (TPSA) is 35.5 Å². The van der Waals surface area contributed by atoms with Gasteiger partial charge >= 0.3 is 0 Å². The lowest BCUT2D eigenvalue weighted by Crippen LogP contribution is -2.49. The molecule has 20 heavy (non-hydrogen) atoms.